The zero-order valence-corrected chi connectivity index (χ0v) is 12.0. The number of anilines is 1. The van der Waals surface area contributed by atoms with Gasteiger partial charge in [0, 0.05) is 24.3 Å². The van der Waals surface area contributed by atoms with E-state index in [1.54, 1.807) is 12.1 Å². The van der Waals surface area contributed by atoms with E-state index in [1.165, 1.54) is 12.8 Å². The van der Waals surface area contributed by atoms with E-state index < -0.39 is 0 Å². The van der Waals surface area contributed by atoms with Crippen molar-refractivity contribution in [3.63, 3.8) is 0 Å². The summed E-state index contributed by atoms with van der Waals surface area (Å²) in [5.41, 5.74) is 7.55. The fourth-order valence-corrected chi connectivity index (χ4v) is 2.95. The molecule has 1 heterocycles. The Labute approximate surface area is 115 Å². The number of nitrogens with zero attached hydrogens (tertiary/aromatic N) is 1. The second-order valence-corrected chi connectivity index (χ2v) is 5.62. The highest BCUT2D eigenvalue weighted by atomic mass is 16.2. The summed E-state index contributed by atoms with van der Waals surface area (Å²) in [6.07, 6.45) is 4.68. The zero-order valence-electron chi connectivity index (χ0n) is 12.0. The monoisotopic (exact) mass is 260 g/mol. The smallest absolute Gasteiger partial charge is 0.253 e. The van der Waals surface area contributed by atoms with Gasteiger partial charge in [-0.15, -0.1) is 0 Å². The lowest BCUT2D eigenvalue weighted by atomic mass is 9.74. The molecule has 1 aromatic rings. The summed E-state index contributed by atoms with van der Waals surface area (Å²) >= 11 is 0. The Balaban J connectivity index is 2.01. The van der Waals surface area contributed by atoms with E-state index in [1.807, 2.05) is 17.0 Å². The van der Waals surface area contributed by atoms with Crippen LogP contribution in [0.25, 0.3) is 0 Å². The van der Waals surface area contributed by atoms with E-state index in [0.717, 1.165) is 31.5 Å². The van der Waals surface area contributed by atoms with Gasteiger partial charge in [0.2, 0.25) is 0 Å². The summed E-state index contributed by atoms with van der Waals surface area (Å²) in [7, 11) is 0. The molecule has 1 aliphatic rings. The first kappa shape index (κ1) is 13.9. The Morgan fingerprint density at radius 1 is 1.16 bits per heavy atom. The Morgan fingerprint density at radius 2 is 1.68 bits per heavy atom. The summed E-state index contributed by atoms with van der Waals surface area (Å²) in [6.45, 7) is 6.29. The van der Waals surface area contributed by atoms with E-state index in [-0.39, 0.29) is 5.91 Å². The number of carbonyl (C=O) groups is 1. The molecule has 0 bridgehead atoms. The molecular weight excluding hydrogens is 236 g/mol. The van der Waals surface area contributed by atoms with Gasteiger partial charge in [0.15, 0.2) is 0 Å². The van der Waals surface area contributed by atoms with Gasteiger partial charge in [0.1, 0.15) is 0 Å². The molecule has 0 aromatic heterocycles. The van der Waals surface area contributed by atoms with Gasteiger partial charge < -0.3 is 10.6 Å². The molecule has 19 heavy (non-hydrogen) atoms. The molecule has 0 saturated carbocycles. The Kier molecular flexibility index (Phi) is 4.13. The van der Waals surface area contributed by atoms with E-state index in [0.29, 0.717) is 11.1 Å². The van der Waals surface area contributed by atoms with Crippen molar-refractivity contribution in [2.45, 2.75) is 39.5 Å². The maximum absolute atomic E-state index is 12.4. The first-order valence-electron chi connectivity index (χ1n) is 7.25. The van der Waals surface area contributed by atoms with Crippen molar-refractivity contribution in [2.24, 2.45) is 5.41 Å². The molecule has 0 atom stereocenters. The SMILES string of the molecule is CCC1(CC)CCN(C(=O)c2ccc(N)cc2)CC1. The third-order valence-corrected chi connectivity index (χ3v) is 4.77. The number of likely N-dealkylation sites (tertiary alicyclic amines) is 1. The normalized spacial score (nSPS) is 18.3. The topological polar surface area (TPSA) is 46.3 Å². The number of nitrogen functional groups attached to an aromatic ring is 1. The Bertz CT molecular complexity index is 425. The van der Waals surface area contributed by atoms with Gasteiger partial charge in [-0.25, -0.2) is 0 Å². The minimum absolute atomic E-state index is 0.140. The highest BCUT2D eigenvalue weighted by Gasteiger charge is 2.32. The van der Waals surface area contributed by atoms with E-state index >= 15 is 0 Å². The van der Waals surface area contributed by atoms with E-state index in [4.69, 9.17) is 5.73 Å². The molecule has 1 aliphatic heterocycles. The van der Waals surface area contributed by atoms with Gasteiger partial charge in [0.25, 0.3) is 5.91 Å². The molecule has 0 unspecified atom stereocenters. The third-order valence-electron chi connectivity index (χ3n) is 4.77. The fraction of sp³-hybridized carbons (Fsp3) is 0.562. The number of hydrogen-bond donors (Lipinski definition) is 1. The number of nitrogens with two attached hydrogens (primary N) is 1. The van der Waals surface area contributed by atoms with Crippen LogP contribution in [0.2, 0.25) is 0 Å². The second-order valence-electron chi connectivity index (χ2n) is 5.62. The lowest BCUT2D eigenvalue weighted by molar-refractivity contribution is 0.0558. The Morgan fingerprint density at radius 3 is 2.16 bits per heavy atom. The molecule has 1 amide bonds. The lowest BCUT2D eigenvalue weighted by Gasteiger charge is -2.41. The summed E-state index contributed by atoms with van der Waals surface area (Å²) < 4.78 is 0. The molecule has 0 radical (unpaired) electrons. The molecule has 0 spiro atoms. The summed E-state index contributed by atoms with van der Waals surface area (Å²) in [4.78, 5) is 14.4. The number of hydrogen-bond acceptors (Lipinski definition) is 2. The maximum Gasteiger partial charge on any atom is 0.253 e. The number of piperidine rings is 1. The summed E-state index contributed by atoms with van der Waals surface area (Å²) in [5.74, 6) is 0.140. The van der Waals surface area contributed by atoms with Crippen LogP contribution < -0.4 is 5.73 Å². The second kappa shape index (κ2) is 5.64. The van der Waals surface area contributed by atoms with Gasteiger partial charge in [-0.3, -0.25) is 4.79 Å². The predicted octanol–water partition coefficient (Wildman–Crippen LogP) is 3.31. The molecule has 1 saturated heterocycles. The average Bonchev–Trinajstić information content (AvgIpc) is 2.47. The van der Waals surface area contributed by atoms with Crippen molar-refractivity contribution in [3.8, 4) is 0 Å². The number of carbonyl (C=O) groups excluding carboxylic acids is 1. The fourth-order valence-electron chi connectivity index (χ4n) is 2.95. The molecule has 0 aliphatic carbocycles. The van der Waals surface area contributed by atoms with Crippen LogP contribution in [0.3, 0.4) is 0 Å². The standard InChI is InChI=1S/C16H24N2O/c1-3-16(4-2)9-11-18(12-10-16)15(19)13-5-7-14(17)8-6-13/h5-8H,3-4,9-12,17H2,1-2H3. The molecule has 2 rings (SSSR count). The number of benzene rings is 1. The summed E-state index contributed by atoms with van der Waals surface area (Å²) in [5, 5.41) is 0. The highest BCUT2D eigenvalue weighted by molar-refractivity contribution is 5.94. The Hall–Kier alpha value is -1.51. The van der Waals surface area contributed by atoms with Crippen molar-refractivity contribution in [1.29, 1.82) is 0 Å². The van der Waals surface area contributed by atoms with Gasteiger partial charge >= 0.3 is 0 Å². The van der Waals surface area contributed by atoms with Crippen LogP contribution in [0.15, 0.2) is 24.3 Å². The van der Waals surface area contributed by atoms with Gasteiger partial charge in [0.05, 0.1) is 0 Å². The van der Waals surface area contributed by atoms with Crippen LogP contribution in [0, 0.1) is 5.41 Å². The van der Waals surface area contributed by atoms with Gasteiger partial charge in [-0.05, 0) is 42.5 Å². The molecular formula is C16H24N2O. The maximum atomic E-state index is 12.4. The summed E-state index contributed by atoms with van der Waals surface area (Å²) in [6, 6.07) is 7.22. The number of amides is 1. The van der Waals surface area contributed by atoms with E-state index in [9.17, 15) is 4.79 Å². The molecule has 3 heteroatoms. The van der Waals surface area contributed by atoms with Crippen LogP contribution in [-0.2, 0) is 0 Å². The van der Waals surface area contributed by atoms with Crippen molar-refractivity contribution >= 4 is 11.6 Å². The molecule has 1 aromatic carbocycles. The first-order valence-corrected chi connectivity index (χ1v) is 7.25. The largest absolute Gasteiger partial charge is 0.399 e. The minimum Gasteiger partial charge on any atom is -0.399 e. The molecule has 1 fully saturated rings. The molecule has 3 nitrogen and oxygen atoms in total. The zero-order chi connectivity index (χ0) is 13.9. The van der Waals surface area contributed by atoms with Crippen molar-refractivity contribution in [3.05, 3.63) is 29.8 Å². The molecule has 2 N–H and O–H groups in total. The van der Waals surface area contributed by atoms with Gasteiger partial charge in [-0.2, -0.15) is 0 Å². The van der Waals surface area contributed by atoms with E-state index in [2.05, 4.69) is 13.8 Å². The quantitative estimate of drug-likeness (QED) is 0.847. The highest BCUT2D eigenvalue weighted by Crippen LogP contribution is 2.38. The minimum atomic E-state index is 0.140. The first-order chi connectivity index (χ1) is 9.10. The van der Waals surface area contributed by atoms with Gasteiger partial charge in [-0.1, -0.05) is 26.7 Å². The van der Waals surface area contributed by atoms with Crippen molar-refractivity contribution < 1.29 is 4.79 Å². The molecule has 104 valence electrons. The predicted molar refractivity (Wildman–Crippen MR) is 79.0 cm³/mol. The lowest BCUT2D eigenvalue weighted by Crippen LogP contribution is -2.42. The third kappa shape index (κ3) is 2.91. The van der Waals surface area contributed by atoms with Crippen LogP contribution in [0.1, 0.15) is 49.9 Å². The van der Waals surface area contributed by atoms with Crippen LogP contribution in [-0.4, -0.2) is 23.9 Å². The van der Waals surface area contributed by atoms with Crippen molar-refractivity contribution in [2.75, 3.05) is 18.8 Å². The van der Waals surface area contributed by atoms with Crippen LogP contribution >= 0.6 is 0 Å². The number of rotatable bonds is 3. The van der Waals surface area contributed by atoms with Crippen LogP contribution in [0.4, 0.5) is 5.69 Å². The van der Waals surface area contributed by atoms with Crippen LogP contribution in [0.5, 0.6) is 0 Å². The van der Waals surface area contributed by atoms with Crippen molar-refractivity contribution in [1.82, 2.24) is 4.90 Å². The average molecular weight is 260 g/mol.